The van der Waals surface area contributed by atoms with Crippen molar-refractivity contribution in [1.29, 1.82) is 0 Å². The van der Waals surface area contributed by atoms with E-state index in [1.54, 1.807) is 0 Å². The van der Waals surface area contributed by atoms with Gasteiger partial charge in [0.2, 0.25) is 0 Å². The van der Waals surface area contributed by atoms with Crippen LogP contribution in [0, 0.1) is 0 Å². The van der Waals surface area contributed by atoms with Crippen LogP contribution in [0.4, 0.5) is 5.69 Å². The lowest BCUT2D eigenvalue weighted by molar-refractivity contribution is 0.589. The van der Waals surface area contributed by atoms with Crippen LogP contribution in [0.25, 0.3) is 0 Å². The van der Waals surface area contributed by atoms with Crippen molar-refractivity contribution < 1.29 is 0 Å². The van der Waals surface area contributed by atoms with Gasteiger partial charge in [-0.1, -0.05) is 57.6 Å². The summed E-state index contributed by atoms with van der Waals surface area (Å²) in [5.74, 6) is 0. The number of thiocarbonyl (C=S) groups is 1. The number of nitrogens with zero attached hydrogens (tertiary/aromatic N) is 1. The summed E-state index contributed by atoms with van der Waals surface area (Å²) < 4.78 is 0. The van der Waals surface area contributed by atoms with Gasteiger partial charge in [0.15, 0.2) is 0 Å². The van der Waals surface area contributed by atoms with Gasteiger partial charge in [0, 0.05) is 0 Å². The van der Waals surface area contributed by atoms with Crippen LogP contribution in [0.15, 0.2) is 29.3 Å². The fraction of sp³-hybridized carbons (Fsp3) is 0.562. The zero-order valence-electron chi connectivity index (χ0n) is 11.3. The van der Waals surface area contributed by atoms with Gasteiger partial charge in [0.25, 0.3) is 0 Å². The number of rotatable bonds is 9. The monoisotopic (exact) mass is 261 g/mol. The first-order valence-electron chi connectivity index (χ1n) is 7.03. The highest BCUT2D eigenvalue weighted by molar-refractivity contribution is 7.78. The Bertz CT molecular complexity index is 363. The second-order valence-electron chi connectivity index (χ2n) is 4.74. The van der Waals surface area contributed by atoms with Crippen molar-refractivity contribution in [2.24, 2.45) is 4.99 Å². The predicted octanol–water partition coefficient (Wildman–Crippen LogP) is 5.71. The molecule has 0 spiro atoms. The highest BCUT2D eigenvalue weighted by atomic mass is 32.1. The molecular formula is C16H23NS. The minimum atomic E-state index is 0.897. The largest absolute Gasteiger partial charge is 0.195 e. The van der Waals surface area contributed by atoms with Crippen LogP contribution in [0.2, 0.25) is 0 Å². The minimum Gasteiger partial charge on any atom is -0.195 e. The molecule has 18 heavy (non-hydrogen) atoms. The summed E-state index contributed by atoms with van der Waals surface area (Å²) in [6, 6.07) is 8.30. The SMILES string of the molecule is CCCCCCCCCc1ccc(N=C=S)cc1. The Morgan fingerprint density at radius 1 is 0.944 bits per heavy atom. The predicted molar refractivity (Wildman–Crippen MR) is 82.8 cm³/mol. The van der Waals surface area contributed by atoms with Gasteiger partial charge < -0.3 is 0 Å². The van der Waals surface area contributed by atoms with E-state index in [0.717, 1.165) is 5.69 Å². The molecule has 0 radical (unpaired) electrons. The topological polar surface area (TPSA) is 12.4 Å². The molecule has 1 nitrogen and oxygen atoms in total. The van der Waals surface area contributed by atoms with E-state index in [9.17, 15) is 0 Å². The molecule has 0 aliphatic heterocycles. The second-order valence-corrected chi connectivity index (χ2v) is 4.92. The number of unbranched alkanes of at least 4 members (excludes halogenated alkanes) is 6. The normalized spacial score (nSPS) is 10.1. The van der Waals surface area contributed by atoms with Crippen LogP contribution in [0.3, 0.4) is 0 Å². The van der Waals surface area contributed by atoms with E-state index in [2.05, 4.69) is 41.4 Å². The van der Waals surface area contributed by atoms with Crippen molar-refractivity contribution in [3.05, 3.63) is 29.8 Å². The van der Waals surface area contributed by atoms with Crippen LogP contribution < -0.4 is 0 Å². The van der Waals surface area contributed by atoms with E-state index in [0.29, 0.717) is 0 Å². The molecule has 0 unspecified atom stereocenters. The molecule has 0 saturated heterocycles. The Hall–Kier alpha value is -0.980. The van der Waals surface area contributed by atoms with Gasteiger partial charge in [-0.2, -0.15) is 4.99 Å². The number of hydrogen-bond donors (Lipinski definition) is 0. The van der Waals surface area contributed by atoms with Crippen LogP contribution in [-0.4, -0.2) is 5.16 Å². The first-order chi connectivity index (χ1) is 8.86. The standard InChI is InChI=1S/C16H23NS/c1-2-3-4-5-6-7-8-9-15-10-12-16(13-11-15)17-14-18/h10-13H,2-9H2,1H3. The maximum absolute atomic E-state index is 4.58. The van der Waals surface area contributed by atoms with E-state index < -0.39 is 0 Å². The highest BCUT2D eigenvalue weighted by Crippen LogP contribution is 2.15. The second kappa shape index (κ2) is 9.99. The summed E-state index contributed by atoms with van der Waals surface area (Å²) in [5.41, 5.74) is 2.29. The highest BCUT2D eigenvalue weighted by Gasteiger charge is 1.95. The average Bonchev–Trinajstić information content (AvgIpc) is 2.40. The molecule has 0 heterocycles. The molecule has 0 saturated carbocycles. The summed E-state index contributed by atoms with van der Waals surface area (Å²) in [6.45, 7) is 2.26. The van der Waals surface area contributed by atoms with Gasteiger partial charge in [0.1, 0.15) is 0 Å². The van der Waals surface area contributed by atoms with Crippen molar-refractivity contribution in [2.75, 3.05) is 0 Å². The third-order valence-corrected chi connectivity index (χ3v) is 3.27. The van der Waals surface area contributed by atoms with Crippen molar-refractivity contribution >= 4 is 23.1 Å². The first-order valence-corrected chi connectivity index (χ1v) is 7.44. The molecule has 0 aliphatic rings. The average molecular weight is 261 g/mol. The Morgan fingerprint density at radius 2 is 1.56 bits per heavy atom. The van der Waals surface area contributed by atoms with Gasteiger partial charge in [-0.05, 0) is 42.8 Å². The van der Waals surface area contributed by atoms with Gasteiger partial charge in [0.05, 0.1) is 10.8 Å². The molecule has 1 aromatic carbocycles. The van der Waals surface area contributed by atoms with Gasteiger partial charge in [-0.15, -0.1) is 0 Å². The molecule has 0 amide bonds. The fourth-order valence-electron chi connectivity index (χ4n) is 2.08. The summed E-state index contributed by atoms with van der Waals surface area (Å²) in [6.07, 6.45) is 10.7. The zero-order chi connectivity index (χ0) is 13.1. The van der Waals surface area contributed by atoms with Crippen LogP contribution >= 0.6 is 12.2 Å². The summed E-state index contributed by atoms with van der Waals surface area (Å²) in [7, 11) is 0. The third-order valence-electron chi connectivity index (χ3n) is 3.18. The quantitative estimate of drug-likeness (QED) is 0.315. The number of aryl methyl sites for hydroxylation is 1. The minimum absolute atomic E-state index is 0.897. The molecule has 0 atom stereocenters. The molecule has 2 heteroatoms. The smallest absolute Gasteiger partial charge is 0.0739 e. The Morgan fingerprint density at radius 3 is 2.17 bits per heavy atom. The number of hydrogen-bond acceptors (Lipinski definition) is 2. The lowest BCUT2D eigenvalue weighted by atomic mass is 10.0. The summed E-state index contributed by atoms with van der Waals surface area (Å²) in [4.78, 5) is 3.95. The Labute approximate surface area is 116 Å². The van der Waals surface area contributed by atoms with Crippen LogP contribution in [-0.2, 0) is 6.42 Å². The lowest BCUT2D eigenvalue weighted by Gasteiger charge is -2.02. The number of isothiocyanates is 1. The molecule has 0 N–H and O–H groups in total. The maximum Gasteiger partial charge on any atom is 0.0739 e. The summed E-state index contributed by atoms with van der Waals surface area (Å²) in [5, 5.41) is 2.39. The Kier molecular flexibility index (Phi) is 8.37. The van der Waals surface area contributed by atoms with Crippen molar-refractivity contribution in [1.82, 2.24) is 0 Å². The van der Waals surface area contributed by atoms with E-state index >= 15 is 0 Å². The molecule has 1 aromatic rings. The van der Waals surface area contributed by atoms with Crippen LogP contribution in [0.1, 0.15) is 57.4 Å². The number of benzene rings is 1. The van der Waals surface area contributed by atoms with E-state index in [-0.39, 0.29) is 0 Å². The molecule has 0 aliphatic carbocycles. The molecular weight excluding hydrogens is 238 g/mol. The fourth-order valence-corrected chi connectivity index (χ4v) is 2.18. The van der Waals surface area contributed by atoms with E-state index in [4.69, 9.17) is 0 Å². The maximum atomic E-state index is 4.58. The Balaban J connectivity index is 2.13. The van der Waals surface area contributed by atoms with Crippen molar-refractivity contribution in [2.45, 2.75) is 58.3 Å². The molecule has 0 bridgehead atoms. The molecule has 1 rings (SSSR count). The zero-order valence-corrected chi connectivity index (χ0v) is 12.1. The van der Waals surface area contributed by atoms with Crippen LogP contribution in [0.5, 0.6) is 0 Å². The summed E-state index contributed by atoms with van der Waals surface area (Å²) >= 11 is 4.58. The number of aliphatic imine (C=N–C) groups is 1. The van der Waals surface area contributed by atoms with Crippen molar-refractivity contribution in [3.63, 3.8) is 0 Å². The van der Waals surface area contributed by atoms with E-state index in [1.807, 2.05) is 12.1 Å². The van der Waals surface area contributed by atoms with Crippen molar-refractivity contribution in [3.8, 4) is 0 Å². The van der Waals surface area contributed by atoms with Gasteiger partial charge in [-0.3, -0.25) is 0 Å². The molecule has 0 aromatic heterocycles. The third kappa shape index (κ3) is 6.68. The first kappa shape index (κ1) is 15.1. The van der Waals surface area contributed by atoms with Gasteiger partial charge >= 0.3 is 0 Å². The lowest BCUT2D eigenvalue weighted by Crippen LogP contribution is -1.86. The molecule has 0 fully saturated rings. The van der Waals surface area contributed by atoms with Gasteiger partial charge in [-0.25, -0.2) is 0 Å². The van der Waals surface area contributed by atoms with E-state index in [1.165, 1.54) is 56.9 Å². The molecule has 98 valence electrons.